The predicted octanol–water partition coefficient (Wildman–Crippen LogP) is 8.00. The van der Waals surface area contributed by atoms with Gasteiger partial charge in [0.2, 0.25) is 0 Å². The van der Waals surface area contributed by atoms with Gasteiger partial charge in [-0.25, -0.2) is 0 Å². The van der Waals surface area contributed by atoms with Crippen molar-refractivity contribution in [2.75, 3.05) is 26.3 Å². The zero-order chi connectivity index (χ0) is 26.3. The molecule has 38 heavy (non-hydrogen) atoms. The molecule has 4 N–H and O–H groups in total. The van der Waals surface area contributed by atoms with Gasteiger partial charge in [-0.15, -0.1) is 22.7 Å². The molecular weight excluding hydrogens is 508 g/mol. The summed E-state index contributed by atoms with van der Waals surface area (Å²) in [6.07, 6.45) is 5.23. The van der Waals surface area contributed by atoms with Crippen LogP contribution in [0.25, 0.3) is 32.0 Å². The van der Waals surface area contributed by atoms with Crippen molar-refractivity contribution in [3.05, 3.63) is 82.0 Å². The van der Waals surface area contributed by atoms with Crippen molar-refractivity contribution in [3.63, 3.8) is 0 Å². The van der Waals surface area contributed by atoms with Gasteiger partial charge >= 0.3 is 0 Å². The number of ether oxygens (including phenoxy) is 2. The molecule has 5 rings (SSSR count). The van der Waals surface area contributed by atoms with Crippen LogP contribution in [0.15, 0.2) is 66.0 Å². The zero-order valence-corrected chi connectivity index (χ0v) is 23.6. The number of rotatable bonds is 12. The first-order valence-corrected chi connectivity index (χ1v) is 15.1. The number of hydrogen-bond donors (Lipinski definition) is 2. The van der Waals surface area contributed by atoms with E-state index >= 15 is 0 Å². The number of thiophene rings is 2. The van der Waals surface area contributed by atoms with Gasteiger partial charge in [0, 0.05) is 14.6 Å². The van der Waals surface area contributed by atoms with Crippen LogP contribution in [-0.2, 0) is 0 Å². The van der Waals surface area contributed by atoms with Crippen LogP contribution in [0.4, 0.5) is 0 Å². The Morgan fingerprint density at radius 1 is 0.711 bits per heavy atom. The summed E-state index contributed by atoms with van der Waals surface area (Å²) >= 11 is 3.70. The third kappa shape index (κ3) is 6.21. The van der Waals surface area contributed by atoms with E-state index in [1.165, 1.54) is 54.5 Å². The highest BCUT2D eigenvalue weighted by molar-refractivity contribution is 7.15. The lowest BCUT2D eigenvalue weighted by Crippen LogP contribution is -2.05. The molecule has 1 aliphatic rings. The van der Waals surface area contributed by atoms with E-state index in [-0.39, 0.29) is 0 Å². The molecule has 0 aliphatic heterocycles. The van der Waals surface area contributed by atoms with Crippen molar-refractivity contribution >= 4 is 33.8 Å². The van der Waals surface area contributed by atoms with E-state index in [0.717, 1.165) is 37.2 Å². The second-order valence-corrected chi connectivity index (χ2v) is 11.8. The van der Waals surface area contributed by atoms with Gasteiger partial charge in [-0.05, 0) is 152 Å². The fourth-order valence-electron chi connectivity index (χ4n) is 4.91. The first-order chi connectivity index (χ1) is 18.7. The third-order valence-corrected chi connectivity index (χ3v) is 9.00. The molecule has 0 amide bonds. The molecule has 0 unspecified atom stereocenters. The number of nitrogens with two attached hydrogens (primary N) is 2. The Hall–Kier alpha value is -2.90. The quantitative estimate of drug-likeness (QED) is 0.177. The fourth-order valence-corrected chi connectivity index (χ4v) is 6.89. The summed E-state index contributed by atoms with van der Waals surface area (Å²) in [5.74, 6) is 1.80. The smallest absolute Gasteiger partial charge is 0.119 e. The highest BCUT2D eigenvalue weighted by atomic mass is 32.1. The second-order valence-electron chi connectivity index (χ2n) is 9.62. The van der Waals surface area contributed by atoms with Gasteiger partial charge in [0.25, 0.3) is 0 Å². The lowest BCUT2D eigenvalue weighted by molar-refractivity contribution is 0.313. The van der Waals surface area contributed by atoms with E-state index in [2.05, 4.69) is 73.0 Å². The zero-order valence-electron chi connectivity index (χ0n) is 22.0. The SMILES string of the molecule is Cc1sc(-c2ccc(OCCCN)cc2)cc1C1=C(c2csc(-c3ccc(OCCCN)cc3)c2)CCC1. The van der Waals surface area contributed by atoms with Crippen molar-refractivity contribution in [1.82, 2.24) is 0 Å². The normalized spacial score (nSPS) is 13.3. The third-order valence-electron chi connectivity index (χ3n) is 6.92. The molecule has 2 aromatic heterocycles. The lowest BCUT2D eigenvalue weighted by atomic mass is 9.98. The maximum Gasteiger partial charge on any atom is 0.119 e. The molecule has 0 saturated carbocycles. The van der Waals surface area contributed by atoms with Crippen LogP contribution in [0.2, 0.25) is 0 Å². The van der Waals surface area contributed by atoms with Gasteiger partial charge in [0.1, 0.15) is 11.5 Å². The molecule has 0 bridgehead atoms. The van der Waals surface area contributed by atoms with Crippen molar-refractivity contribution in [2.24, 2.45) is 11.5 Å². The molecular formula is C32H36N2O2S2. The Morgan fingerprint density at radius 2 is 1.29 bits per heavy atom. The van der Waals surface area contributed by atoms with E-state index in [1.807, 2.05) is 22.7 Å². The molecule has 0 fully saturated rings. The molecule has 0 spiro atoms. The molecule has 198 valence electrons. The van der Waals surface area contributed by atoms with E-state index in [9.17, 15) is 0 Å². The number of benzene rings is 2. The molecule has 2 heterocycles. The average molecular weight is 545 g/mol. The maximum absolute atomic E-state index is 5.78. The van der Waals surface area contributed by atoms with E-state index < -0.39 is 0 Å². The first kappa shape index (κ1) is 26.7. The Morgan fingerprint density at radius 3 is 1.89 bits per heavy atom. The van der Waals surface area contributed by atoms with Crippen LogP contribution in [0, 0.1) is 6.92 Å². The van der Waals surface area contributed by atoms with Crippen molar-refractivity contribution in [1.29, 1.82) is 0 Å². The monoisotopic (exact) mass is 544 g/mol. The van der Waals surface area contributed by atoms with Crippen LogP contribution >= 0.6 is 22.7 Å². The summed E-state index contributed by atoms with van der Waals surface area (Å²) in [5.41, 5.74) is 19.4. The summed E-state index contributed by atoms with van der Waals surface area (Å²) in [6, 6.07) is 21.6. The molecule has 4 aromatic rings. The molecule has 1 aliphatic carbocycles. The van der Waals surface area contributed by atoms with Crippen molar-refractivity contribution < 1.29 is 9.47 Å². The number of aryl methyl sites for hydroxylation is 1. The highest BCUT2D eigenvalue weighted by Gasteiger charge is 2.22. The fraction of sp³-hybridized carbons (Fsp3) is 0.312. The van der Waals surface area contributed by atoms with Gasteiger partial charge in [-0.2, -0.15) is 0 Å². The molecule has 0 radical (unpaired) electrons. The van der Waals surface area contributed by atoms with Crippen LogP contribution in [-0.4, -0.2) is 26.3 Å². The highest BCUT2D eigenvalue weighted by Crippen LogP contribution is 2.46. The summed E-state index contributed by atoms with van der Waals surface area (Å²) in [6.45, 7) is 4.88. The minimum Gasteiger partial charge on any atom is -0.494 e. The summed E-state index contributed by atoms with van der Waals surface area (Å²) in [7, 11) is 0. The largest absolute Gasteiger partial charge is 0.494 e. The van der Waals surface area contributed by atoms with Gasteiger partial charge in [-0.1, -0.05) is 0 Å². The Labute approximate surface area is 233 Å². The van der Waals surface area contributed by atoms with Crippen LogP contribution in [0.5, 0.6) is 11.5 Å². The Bertz CT molecular complexity index is 1370. The standard InChI is InChI=1S/C32H36N2O2S2/c1-22-30(20-32(38-22)24-9-13-27(14-10-24)36-18-4-16-34)29-6-2-5-28(29)25-19-31(37-21-25)23-7-11-26(12-8-23)35-17-3-15-33/h7-14,19-21H,2-6,15-18,33-34H2,1H3. The molecule has 0 atom stereocenters. The van der Waals surface area contributed by atoms with Crippen LogP contribution in [0.3, 0.4) is 0 Å². The minimum atomic E-state index is 0.651. The summed E-state index contributed by atoms with van der Waals surface area (Å²) in [4.78, 5) is 3.99. The average Bonchev–Trinajstić information content (AvgIpc) is 3.69. The van der Waals surface area contributed by atoms with Gasteiger partial charge in [-0.3, -0.25) is 0 Å². The minimum absolute atomic E-state index is 0.651. The first-order valence-electron chi connectivity index (χ1n) is 13.4. The van der Waals surface area contributed by atoms with Gasteiger partial charge in [0.05, 0.1) is 13.2 Å². The molecule has 2 aromatic carbocycles. The number of allylic oxidation sites excluding steroid dienone is 2. The summed E-state index contributed by atoms with van der Waals surface area (Å²) < 4.78 is 11.5. The van der Waals surface area contributed by atoms with Crippen molar-refractivity contribution in [3.8, 4) is 32.4 Å². The molecule has 6 heteroatoms. The number of hydrogen-bond acceptors (Lipinski definition) is 6. The van der Waals surface area contributed by atoms with E-state index in [4.69, 9.17) is 20.9 Å². The molecule has 0 saturated heterocycles. The Kier molecular flexibility index (Phi) is 8.97. The summed E-state index contributed by atoms with van der Waals surface area (Å²) in [5, 5.41) is 2.33. The predicted molar refractivity (Wildman–Crippen MR) is 163 cm³/mol. The van der Waals surface area contributed by atoms with Gasteiger partial charge < -0.3 is 20.9 Å². The Balaban J connectivity index is 1.34. The maximum atomic E-state index is 5.78. The second kappa shape index (κ2) is 12.8. The van der Waals surface area contributed by atoms with Gasteiger partial charge in [0.15, 0.2) is 0 Å². The van der Waals surface area contributed by atoms with E-state index in [1.54, 1.807) is 0 Å². The van der Waals surface area contributed by atoms with Crippen LogP contribution in [0.1, 0.15) is 48.1 Å². The molecule has 4 nitrogen and oxygen atoms in total. The van der Waals surface area contributed by atoms with Crippen LogP contribution < -0.4 is 20.9 Å². The lowest BCUT2D eigenvalue weighted by Gasteiger charge is -2.07. The van der Waals surface area contributed by atoms with Crippen molar-refractivity contribution in [2.45, 2.75) is 39.0 Å². The topological polar surface area (TPSA) is 70.5 Å². The van der Waals surface area contributed by atoms with E-state index in [0.29, 0.717) is 26.3 Å².